The Labute approximate surface area is 137 Å². The molecule has 0 aliphatic rings. The summed E-state index contributed by atoms with van der Waals surface area (Å²) >= 11 is 6.22. The van der Waals surface area contributed by atoms with Crippen LogP contribution in [0, 0.1) is 0 Å². The third-order valence-electron chi connectivity index (χ3n) is 3.12. The van der Waals surface area contributed by atoms with E-state index >= 15 is 0 Å². The molecule has 1 amide bonds. The van der Waals surface area contributed by atoms with Gasteiger partial charge in [-0.15, -0.1) is 0 Å². The maximum Gasteiger partial charge on any atom is 0.251 e. The molecule has 124 valence electrons. The van der Waals surface area contributed by atoms with Crippen molar-refractivity contribution in [3.63, 3.8) is 0 Å². The molecule has 0 aromatic heterocycles. The Morgan fingerprint density at radius 2 is 2.18 bits per heavy atom. The highest BCUT2D eigenvalue weighted by Gasteiger charge is 2.15. The average Bonchev–Trinajstić information content (AvgIpc) is 2.48. The summed E-state index contributed by atoms with van der Waals surface area (Å²) in [6.45, 7) is 5.06. The molecule has 0 heterocycles. The van der Waals surface area contributed by atoms with Crippen molar-refractivity contribution in [3.05, 3.63) is 22.7 Å². The van der Waals surface area contributed by atoms with E-state index in [0.29, 0.717) is 35.2 Å². The van der Waals surface area contributed by atoms with Crippen LogP contribution in [-0.2, 0) is 0 Å². The molecule has 1 unspecified atom stereocenters. The van der Waals surface area contributed by atoms with E-state index in [9.17, 15) is 4.79 Å². The molecular weight excluding hydrogens is 304 g/mol. The summed E-state index contributed by atoms with van der Waals surface area (Å²) < 4.78 is 10.9. The zero-order chi connectivity index (χ0) is 16.5. The van der Waals surface area contributed by atoms with Crippen molar-refractivity contribution in [2.24, 2.45) is 5.73 Å². The smallest absolute Gasteiger partial charge is 0.251 e. The molecule has 5 nitrogen and oxygen atoms in total. The van der Waals surface area contributed by atoms with Gasteiger partial charge in [-0.2, -0.15) is 0 Å². The SMILES string of the molecule is CCCCOc1c(Cl)cc(C(=O)NCCC(C)N)cc1OC. The molecule has 1 aromatic carbocycles. The van der Waals surface area contributed by atoms with Crippen LogP contribution in [0.4, 0.5) is 0 Å². The molecule has 3 N–H and O–H groups in total. The van der Waals surface area contributed by atoms with Crippen molar-refractivity contribution in [1.82, 2.24) is 5.32 Å². The van der Waals surface area contributed by atoms with E-state index < -0.39 is 0 Å². The van der Waals surface area contributed by atoms with Gasteiger partial charge in [-0.25, -0.2) is 0 Å². The molecule has 6 heteroatoms. The van der Waals surface area contributed by atoms with Gasteiger partial charge in [0, 0.05) is 18.2 Å². The highest BCUT2D eigenvalue weighted by molar-refractivity contribution is 6.32. The molecule has 0 bridgehead atoms. The lowest BCUT2D eigenvalue weighted by molar-refractivity contribution is 0.0952. The lowest BCUT2D eigenvalue weighted by atomic mass is 10.1. The minimum atomic E-state index is -0.207. The van der Waals surface area contributed by atoms with Gasteiger partial charge in [0.1, 0.15) is 0 Å². The molecule has 0 radical (unpaired) electrons. The van der Waals surface area contributed by atoms with Gasteiger partial charge >= 0.3 is 0 Å². The normalized spacial score (nSPS) is 11.9. The average molecular weight is 329 g/mol. The van der Waals surface area contributed by atoms with Gasteiger partial charge in [0.25, 0.3) is 5.91 Å². The fraction of sp³-hybridized carbons (Fsp3) is 0.562. The summed E-state index contributed by atoms with van der Waals surface area (Å²) in [4.78, 5) is 12.1. The summed E-state index contributed by atoms with van der Waals surface area (Å²) in [7, 11) is 1.52. The summed E-state index contributed by atoms with van der Waals surface area (Å²) in [5, 5.41) is 3.17. The van der Waals surface area contributed by atoms with Gasteiger partial charge in [-0.1, -0.05) is 24.9 Å². The van der Waals surface area contributed by atoms with Crippen LogP contribution < -0.4 is 20.5 Å². The number of nitrogens with one attached hydrogen (secondary N) is 1. The summed E-state index contributed by atoms with van der Waals surface area (Å²) in [6, 6.07) is 3.27. The molecule has 0 saturated heterocycles. The van der Waals surface area contributed by atoms with Crippen molar-refractivity contribution >= 4 is 17.5 Å². The molecule has 0 spiro atoms. The molecule has 22 heavy (non-hydrogen) atoms. The second-order valence-electron chi connectivity index (χ2n) is 5.21. The Bertz CT molecular complexity index is 493. The lowest BCUT2D eigenvalue weighted by Gasteiger charge is -2.14. The van der Waals surface area contributed by atoms with E-state index in [4.69, 9.17) is 26.8 Å². The first-order valence-electron chi connectivity index (χ1n) is 7.53. The van der Waals surface area contributed by atoms with E-state index in [1.165, 1.54) is 7.11 Å². The highest BCUT2D eigenvalue weighted by Crippen LogP contribution is 2.36. The molecule has 1 atom stereocenters. The van der Waals surface area contributed by atoms with Gasteiger partial charge < -0.3 is 20.5 Å². The lowest BCUT2D eigenvalue weighted by Crippen LogP contribution is -2.29. The van der Waals surface area contributed by atoms with Crippen LogP contribution in [-0.4, -0.2) is 32.2 Å². The number of rotatable bonds is 9. The first kappa shape index (κ1) is 18.6. The first-order valence-corrected chi connectivity index (χ1v) is 7.91. The number of halogens is 1. The molecule has 0 saturated carbocycles. The number of nitrogens with two attached hydrogens (primary N) is 1. The van der Waals surface area contributed by atoms with Crippen LogP contribution in [0.3, 0.4) is 0 Å². The Morgan fingerprint density at radius 3 is 2.77 bits per heavy atom. The number of amides is 1. The minimum absolute atomic E-state index is 0.0489. The van der Waals surface area contributed by atoms with Gasteiger partial charge in [0.15, 0.2) is 11.5 Å². The van der Waals surface area contributed by atoms with Gasteiger partial charge in [-0.05, 0) is 31.9 Å². The maximum absolute atomic E-state index is 12.1. The number of unbranched alkanes of at least 4 members (excludes halogenated alkanes) is 1. The Morgan fingerprint density at radius 1 is 1.45 bits per heavy atom. The molecule has 0 aliphatic carbocycles. The van der Waals surface area contributed by atoms with Gasteiger partial charge in [0.2, 0.25) is 0 Å². The fourth-order valence-corrected chi connectivity index (χ4v) is 2.09. The number of benzene rings is 1. The molecule has 0 fully saturated rings. The predicted octanol–water partition coefficient (Wildman–Crippen LogP) is 2.99. The summed E-state index contributed by atoms with van der Waals surface area (Å²) in [6.07, 6.45) is 2.67. The monoisotopic (exact) mass is 328 g/mol. The number of ether oxygens (including phenoxy) is 2. The predicted molar refractivity (Wildman–Crippen MR) is 89.0 cm³/mol. The number of carbonyl (C=O) groups excluding carboxylic acids is 1. The largest absolute Gasteiger partial charge is 0.493 e. The van der Waals surface area contributed by atoms with E-state index in [1.807, 2.05) is 6.92 Å². The van der Waals surface area contributed by atoms with Crippen LogP contribution in [0.5, 0.6) is 11.5 Å². The Kier molecular flexibility index (Phi) is 8.06. The topological polar surface area (TPSA) is 73.6 Å². The van der Waals surface area contributed by atoms with E-state index in [-0.39, 0.29) is 11.9 Å². The third-order valence-corrected chi connectivity index (χ3v) is 3.40. The number of hydrogen-bond acceptors (Lipinski definition) is 4. The maximum atomic E-state index is 12.1. The van der Waals surface area contributed by atoms with Crippen molar-refractivity contribution in [2.75, 3.05) is 20.3 Å². The minimum Gasteiger partial charge on any atom is -0.493 e. The molecule has 0 aliphatic heterocycles. The van der Waals surface area contributed by atoms with Gasteiger partial charge in [0.05, 0.1) is 18.7 Å². The number of methoxy groups -OCH3 is 1. The number of carbonyl (C=O) groups is 1. The Balaban J connectivity index is 2.81. The van der Waals surface area contributed by atoms with E-state index in [1.54, 1.807) is 12.1 Å². The second kappa shape index (κ2) is 9.54. The van der Waals surface area contributed by atoms with Crippen molar-refractivity contribution in [1.29, 1.82) is 0 Å². The van der Waals surface area contributed by atoms with E-state index in [0.717, 1.165) is 19.3 Å². The zero-order valence-corrected chi connectivity index (χ0v) is 14.2. The van der Waals surface area contributed by atoms with Crippen molar-refractivity contribution in [2.45, 2.75) is 39.2 Å². The second-order valence-corrected chi connectivity index (χ2v) is 5.62. The zero-order valence-electron chi connectivity index (χ0n) is 13.4. The molecular formula is C16H25ClN2O3. The molecule has 1 aromatic rings. The van der Waals surface area contributed by atoms with Crippen LogP contribution in [0.15, 0.2) is 12.1 Å². The van der Waals surface area contributed by atoms with Crippen molar-refractivity contribution < 1.29 is 14.3 Å². The summed E-state index contributed by atoms with van der Waals surface area (Å²) in [5.74, 6) is 0.728. The summed E-state index contributed by atoms with van der Waals surface area (Å²) in [5.41, 5.74) is 6.10. The highest BCUT2D eigenvalue weighted by atomic mass is 35.5. The quantitative estimate of drug-likeness (QED) is 0.683. The molecule has 1 rings (SSSR count). The van der Waals surface area contributed by atoms with Gasteiger partial charge in [-0.3, -0.25) is 4.79 Å². The van der Waals surface area contributed by atoms with Crippen LogP contribution >= 0.6 is 11.6 Å². The third kappa shape index (κ3) is 5.73. The fourth-order valence-electron chi connectivity index (χ4n) is 1.83. The van der Waals surface area contributed by atoms with Crippen LogP contribution in [0.25, 0.3) is 0 Å². The first-order chi connectivity index (χ1) is 10.5. The Hall–Kier alpha value is -1.46. The van der Waals surface area contributed by atoms with Crippen LogP contribution in [0.1, 0.15) is 43.5 Å². The van der Waals surface area contributed by atoms with E-state index in [2.05, 4.69) is 12.2 Å². The standard InChI is InChI=1S/C16H25ClN2O3/c1-4-5-8-22-15-13(17)9-12(10-14(15)21-3)16(20)19-7-6-11(2)18/h9-11H,4-8,18H2,1-3H3,(H,19,20). The van der Waals surface area contributed by atoms with Crippen LogP contribution in [0.2, 0.25) is 5.02 Å². The number of hydrogen-bond donors (Lipinski definition) is 2. The van der Waals surface area contributed by atoms with Crippen molar-refractivity contribution in [3.8, 4) is 11.5 Å².